The van der Waals surface area contributed by atoms with Gasteiger partial charge < -0.3 is 4.74 Å². The highest BCUT2D eigenvalue weighted by atomic mass is 32.2. The number of alkyl halides is 3. The normalized spacial score (nSPS) is 26.6. The molecule has 0 radical (unpaired) electrons. The third-order valence-corrected chi connectivity index (χ3v) is 6.71. The van der Waals surface area contributed by atoms with Crippen molar-refractivity contribution in [3.8, 4) is 5.75 Å². The number of sulfone groups is 1. The van der Waals surface area contributed by atoms with Crippen molar-refractivity contribution >= 4 is 9.84 Å². The van der Waals surface area contributed by atoms with Crippen molar-refractivity contribution in [2.24, 2.45) is 0 Å². The van der Waals surface area contributed by atoms with Gasteiger partial charge >= 0.3 is 6.36 Å². The lowest BCUT2D eigenvalue weighted by Crippen LogP contribution is -2.27. The zero-order valence-corrected chi connectivity index (χ0v) is 12.5. The average Bonchev–Trinajstić information content (AvgIpc) is 2.60. The number of benzene rings is 1. The summed E-state index contributed by atoms with van der Waals surface area (Å²) in [6.45, 7) is 0. The van der Waals surface area contributed by atoms with E-state index in [1.54, 1.807) is 12.1 Å². The maximum absolute atomic E-state index is 12.1. The van der Waals surface area contributed by atoms with Crippen LogP contribution in [0.3, 0.4) is 0 Å². The fraction of sp³-hybridized carbons (Fsp3) is 0.467. The van der Waals surface area contributed by atoms with Gasteiger partial charge in [-0.05, 0) is 43.4 Å². The Balaban J connectivity index is 1.70. The van der Waals surface area contributed by atoms with Crippen LogP contribution in [0.15, 0.2) is 35.9 Å². The molecule has 1 saturated heterocycles. The summed E-state index contributed by atoms with van der Waals surface area (Å²) in [5, 5.41) is -0.667. The Morgan fingerprint density at radius 3 is 2.41 bits per heavy atom. The van der Waals surface area contributed by atoms with Crippen molar-refractivity contribution in [1.29, 1.82) is 0 Å². The maximum Gasteiger partial charge on any atom is 0.573 e. The molecule has 7 heteroatoms. The Bertz CT molecular complexity index is 690. The molecule has 3 nitrogen and oxygen atoms in total. The Morgan fingerprint density at radius 1 is 1.14 bits per heavy atom. The first-order valence-electron chi connectivity index (χ1n) is 7.01. The van der Waals surface area contributed by atoms with Gasteiger partial charge in [0.2, 0.25) is 0 Å². The van der Waals surface area contributed by atoms with Gasteiger partial charge in [0.25, 0.3) is 0 Å². The molecule has 2 aliphatic rings. The third kappa shape index (κ3) is 3.14. The highest BCUT2D eigenvalue weighted by Crippen LogP contribution is 2.38. The summed E-state index contributed by atoms with van der Waals surface area (Å²) >= 11 is 0. The van der Waals surface area contributed by atoms with Gasteiger partial charge in [0.15, 0.2) is 9.84 Å². The minimum absolute atomic E-state index is 0.253. The highest BCUT2D eigenvalue weighted by molar-refractivity contribution is 7.93. The Hall–Kier alpha value is -1.50. The minimum Gasteiger partial charge on any atom is -0.406 e. The van der Waals surface area contributed by atoms with Gasteiger partial charge in [-0.3, -0.25) is 0 Å². The van der Waals surface area contributed by atoms with Crippen molar-refractivity contribution in [2.75, 3.05) is 0 Å². The van der Waals surface area contributed by atoms with Crippen LogP contribution in [0.25, 0.3) is 0 Å². The molecule has 0 saturated carbocycles. The van der Waals surface area contributed by atoms with Gasteiger partial charge in [-0.2, -0.15) is 0 Å². The van der Waals surface area contributed by atoms with E-state index in [1.165, 1.54) is 12.1 Å². The molecule has 0 aliphatic carbocycles. The Labute approximate surface area is 126 Å². The first kappa shape index (κ1) is 15.4. The smallest absolute Gasteiger partial charge is 0.406 e. The van der Waals surface area contributed by atoms with Gasteiger partial charge in [-0.25, -0.2) is 8.42 Å². The zero-order valence-electron chi connectivity index (χ0n) is 11.6. The lowest BCUT2D eigenvalue weighted by Gasteiger charge is -2.20. The van der Waals surface area contributed by atoms with Gasteiger partial charge in [-0.1, -0.05) is 23.8 Å². The van der Waals surface area contributed by atoms with Crippen LogP contribution in [0.1, 0.15) is 24.8 Å². The molecule has 2 atom stereocenters. The molecule has 1 fully saturated rings. The molecule has 0 amide bonds. The number of hydrogen-bond acceptors (Lipinski definition) is 3. The Morgan fingerprint density at radius 2 is 1.82 bits per heavy atom. The van der Waals surface area contributed by atoms with E-state index in [0.29, 0.717) is 25.7 Å². The second-order valence-corrected chi connectivity index (χ2v) is 8.17. The molecule has 0 N–H and O–H groups in total. The number of rotatable bonds is 3. The summed E-state index contributed by atoms with van der Waals surface area (Å²) in [6.07, 6.45) is -0.408. The monoisotopic (exact) mass is 332 g/mol. The van der Waals surface area contributed by atoms with E-state index in [9.17, 15) is 21.6 Å². The molecule has 120 valence electrons. The fourth-order valence-corrected chi connectivity index (χ4v) is 5.40. The summed E-state index contributed by atoms with van der Waals surface area (Å²) in [5.41, 5.74) is 1.89. The summed E-state index contributed by atoms with van der Waals surface area (Å²) < 4.78 is 64.1. The van der Waals surface area contributed by atoms with E-state index >= 15 is 0 Å². The molecular formula is C15H15F3O3S. The number of fused-ring (bicyclic) bond motifs is 2. The second-order valence-electron chi connectivity index (χ2n) is 5.72. The van der Waals surface area contributed by atoms with E-state index in [-0.39, 0.29) is 16.2 Å². The third-order valence-electron chi connectivity index (χ3n) is 4.16. The van der Waals surface area contributed by atoms with Crippen molar-refractivity contribution in [3.63, 3.8) is 0 Å². The molecule has 22 heavy (non-hydrogen) atoms. The minimum atomic E-state index is -4.69. The van der Waals surface area contributed by atoms with E-state index in [4.69, 9.17) is 0 Å². The number of hydrogen-bond donors (Lipinski definition) is 0. The van der Waals surface area contributed by atoms with E-state index in [0.717, 1.165) is 11.1 Å². The predicted octanol–water partition coefficient (Wildman–Crippen LogP) is 3.40. The van der Waals surface area contributed by atoms with Crippen LogP contribution in [0.2, 0.25) is 0 Å². The van der Waals surface area contributed by atoms with Crippen molar-refractivity contribution < 1.29 is 26.3 Å². The van der Waals surface area contributed by atoms with Crippen LogP contribution >= 0.6 is 0 Å². The largest absolute Gasteiger partial charge is 0.573 e. The molecule has 3 rings (SSSR count). The Kier molecular flexibility index (Phi) is 3.71. The topological polar surface area (TPSA) is 43.4 Å². The molecule has 2 heterocycles. The molecule has 2 unspecified atom stereocenters. The lowest BCUT2D eigenvalue weighted by molar-refractivity contribution is -0.274. The first-order valence-corrected chi connectivity index (χ1v) is 8.62. The molecule has 0 aromatic heterocycles. The van der Waals surface area contributed by atoms with E-state index in [1.807, 2.05) is 6.08 Å². The van der Waals surface area contributed by atoms with E-state index < -0.39 is 16.2 Å². The average molecular weight is 332 g/mol. The van der Waals surface area contributed by atoms with Gasteiger partial charge in [0.05, 0.1) is 10.5 Å². The van der Waals surface area contributed by atoms with Crippen LogP contribution < -0.4 is 4.74 Å². The maximum atomic E-state index is 12.1. The van der Waals surface area contributed by atoms with Crippen LogP contribution in [-0.4, -0.2) is 25.3 Å². The predicted molar refractivity (Wildman–Crippen MR) is 75.3 cm³/mol. The van der Waals surface area contributed by atoms with E-state index in [2.05, 4.69) is 4.74 Å². The quantitative estimate of drug-likeness (QED) is 0.797. The summed E-state index contributed by atoms with van der Waals surface area (Å²) in [4.78, 5) is 0. The summed E-state index contributed by atoms with van der Waals surface area (Å²) in [6, 6.07) is 5.70. The van der Waals surface area contributed by atoms with Crippen molar-refractivity contribution in [3.05, 3.63) is 41.5 Å². The van der Waals surface area contributed by atoms with Gasteiger partial charge in [0, 0.05) is 0 Å². The van der Waals surface area contributed by atoms with Gasteiger partial charge in [0.1, 0.15) is 5.75 Å². The molecule has 2 aliphatic heterocycles. The molecule has 0 spiro atoms. The molecule has 1 aromatic carbocycles. The number of halogens is 3. The van der Waals surface area contributed by atoms with Crippen LogP contribution in [0, 0.1) is 0 Å². The molecular weight excluding hydrogens is 317 g/mol. The SMILES string of the molecule is O=S1(=O)C2C=C(Cc3ccc(OC(F)(F)F)cc3)CC1CC2. The van der Waals surface area contributed by atoms with Crippen LogP contribution in [0.4, 0.5) is 13.2 Å². The first-order chi connectivity index (χ1) is 10.2. The summed E-state index contributed by atoms with van der Waals surface area (Å²) in [5.74, 6) is -0.253. The highest BCUT2D eigenvalue weighted by Gasteiger charge is 2.42. The van der Waals surface area contributed by atoms with Crippen molar-refractivity contribution in [1.82, 2.24) is 0 Å². The fourth-order valence-electron chi connectivity index (χ4n) is 3.15. The molecule has 1 aromatic rings. The second kappa shape index (κ2) is 5.30. The summed E-state index contributed by atoms with van der Waals surface area (Å²) in [7, 11) is -3.00. The lowest BCUT2D eigenvalue weighted by atomic mass is 10.0. The van der Waals surface area contributed by atoms with Gasteiger partial charge in [-0.15, -0.1) is 13.2 Å². The number of allylic oxidation sites excluding steroid dienone is 1. The number of ether oxygens (including phenoxy) is 1. The standard InChI is InChI=1S/C15H15F3O3S/c16-15(17,18)21-12-3-1-10(2-4-12)7-11-8-13-5-6-14(9-11)22(13,19)20/h1-4,8,13-14H,5-7,9H2. The zero-order chi connectivity index (χ0) is 16.0. The molecule has 2 bridgehead atoms. The van der Waals surface area contributed by atoms with Crippen molar-refractivity contribution in [2.45, 2.75) is 42.5 Å². The van der Waals surface area contributed by atoms with Crippen LogP contribution in [0.5, 0.6) is 5.75 Å². The van der Waals surface area contributed by atoms with Crippen LogP contribution in [-0.2, 0) is 16.3 Å².